The van der Waals surface area contributed by atoms with Gasteiger partial charge in [-0.25, -0.2) is 0 Å². The maximum atomic E-state index is 10.2. The largest absolute Gasteiger partial charge is 0.392 e. The van der Waals surface area contributed by atoms with Crippen LogP contribution < -0.4 is 0 Å². The van der Waals surface area contributed by atoms with E-state index < -0.39 is 0 Å². The lowest BCUT2D eigenvalue weighted by molar-refractivity contribution is 0.103. The van der Waals surface area contributed by atoms with Gasteiger partial charge in [-0.15, -0.1) is 0 Å². The van der Waals surface area contributed by atoms with Gasteiger partial charge in [0, 0.05) is 13.5 Å². The van der Waals surface area contributed by atoms with Crippen molar-refractivity contribution in [3.8, 4) is 0 Å². The zero-order valence-electron chi connectivity index (χ0n) is 11.4. The Hall–Kier alpha value is -0.540. The molecule has 0 aliphatic carbocycles. The van der Waals surface area contributed by atoms with Gasteiger partial charge in [0.05, 0.1) is 22.5 Å². The Morgan fingerprint density at radius 1 is 1.35 bits per heavy atom. The predicted molar refractivity (Wildman–Crippen MR) is 71.3 cm³/mol. The molecule has 1 aromatic rings. The SMILES string of the molecule is Cc1nn(C)c(CC(O)C(C)CC(C)C)c1Cl. The number of halogens is 1. The number of nitrogens with zero attached hydrogens (tertiary/aromatic N) is 2. The normalized spacial score (nSPS) is 15.3. The molecule has 0 fully saturated rings. The molecule has 0 bridgehead atoms. The fraction of sp³-hybridized carbons (Fsp3) is 0.769. The quantitative estimate of drug-likeness (QED) is 0.882. The van der Waals surface area contributed by atoms with Crippen molar-refractivity contribution in [2.45, 2.75) is 46.6 Å². The summed E-state index contributed by atoms with van der Waals surface area (Å²) in [5, 5.41) is 15.1. The van der Waals surface area contributed by atoms with Crippen LogP contribution in [-0.2, 0) is 13.5 Å². The van der Waals surface area contributed by atoms with Gasteiger partial charge in [0.15, 0.2) is 0 Å². The number of hydrogen-bond donors (Lipinski definition) is 1. The molecule has 4 heteroatoms. The summed E-state index contributed by atoms with van der Waals surface area (Å²) in [6, 6.07) is 0. The molecule has 0 amide bonds. The van der Waals surface area contributed by atoms with Crippen molar-refractivity contribution in [2.24, 2.45) is 18.9 Å². The van der Waals surface area contributed by atoms with E-state index in [9.17, 15) is 5.11 Å². The molecule has 1 N–H and O–H groups in total. The summed E-state index contributed by atoms with van der Waals surface area (Å²) in [4.78, 5) is 0. The summed E-state index contributed by atoms with van der Waals surface area (Å²) in [5.41, 5.74) is 1.75. The van der Waals surface area contributed by atoms with Gasteiger partial charge in [0.1, 0.15) is 0 Å². The lowest BCUT2D eigenvalue weighted by atomic mass is 9.91. The first kappa shape index (κ1) is 14.5. The summed E-state index contributed by atoms with van der Waals surface area (Å²) in [5.74, 6) is 0.879. The first-order valence-corrected chi connectivity index (χ1v) is 6.56. The first-order chi connectivity index (χ1) is 7.82. The van der Waals surface area contributed by atoms with E-state index in [0.717, 1.165) is 17.8 Å². The number of aromatic nitrogens is 2. The van der Waals surface area contributed by atoms with Gasteiger partial charge in [0.25, 0.3) is 0 Å². The van der Waals surface area contributed by atoms with Crippen LogP contribution in [0.3, 0.4) is 0 Å². The molecule has 0 spiro atoms. The van der Waals surface area contributed by atoms with Crippen molar-refractivity contribution >= 4 is 11.6 Å². The molecule has 1 heterocycles. The summed E-state index contributed by atoms with van der Waals surface area (Å²) in [6.07, 6.45) is 1.24. The smallest absolute Gasteiger partial charge is 0.0847 e. The monoisotopic (exact) mass is 258 g/mol. The Morgan fingerprint density at radius 3 is 2.35 bits per heavy atom. The highest BCUT2D eigenvalue weighted by Gasteiger charge is 2.20. The minimum Gasteiger partial charge on any atom is -0.392 e. The Labute approximate surface area is 109 Å². The topological polar surface area (TPSA) is 38.0 Å². The van der Waals surface area contributed by atoms with Gasteiger partial charge in [-0.1, -0.05) is 32.4 Å². The fourth-order valence-corrected chi connectivity index (χ4v) is 2.44. The number of aryl methyl sites for hydroxylation is 2. The second-order valence-electron chi connectivity index (χ2n) is 5.35. The summed E-state index contributed by atoms with van der Waals surface area (Å²) >= 11 is 6.17. The molecule has 98 valence electrons. The van der Waals surface area contributed by atoms with E-state index in [1.807, 2.05) is 14.0 Å². The maximum Gasteiger partial charge on any atom is 0.0847 e. The fourth-order valence-electron chi connectivity index (χ4n) is 2.20. The maximum absolute atomic E-state index is 10.2. The highest BCUT2D eigenvalue weighted by Crippen LogP contribution is 2.24. The molecular weight excluding hydrogens is 236 g/mol. The Bertz CT molecular complexity index is 374. The number of aliphatic hydroxyl groups excluding tert-OH is 1. The van der Waals surface area contributed by atoms with Crippen LogP contribution in [0.25, 0.3) is 0 Å². The third-order valence-corrected chi connectivity index (χ3v) is 3.66. The highest BCUT2D eigenvalue weighted by atomic mass is 35.5. The molecule has 1 aromatic heterocycles. The number of rotatable bonds is 5. The standard InChI is InChI=1S/C13H23ClN2O/c1-8(2)6-9(3)12(17)7-11-13(14)10(4)15-16(11)5/h8-9,12,17H,6-7H2,1-5H3. The van der Waals surface area contributed by atoms with Crippen LogP contribution in [0.1, 0.15) is 38.6 Å². The Kier molecular flexibility index (Phi) is 5.02. The molecule has 0 radical (unpaired) electrons. The van der Waals surface area contributed by atoms with E-state index in [1.54, 1.807) is 4.68 Å². The van der Waals surface area contributed by atoms with Crippen molar-refractivity contribution in [2.75, 3.05) is 0 Å². The Balaban J connectivity index is 2.70. The van der Waals surface area contributed by atoms with Crippen LogP contribution in [0, 0.1) is 18.8 Å². The zero-order valence-corrected chi connectivity index (χ0v) is 12.1. The van der Waals surface area contributed by atoms with E-state index in [-0.39, 0.29) is 12.0 Å². The van der Waals surface area contributed by atoms with Gasteiger partial charge in [0.2, 0.25) is 0 Å². The number of hydrogen-bond acceptors (Lipinski definition) is 2. The lowest BCUT2D eigenvalue weighted by Crippen LogP contribution is -2.23. The molecule has 17 heavy (non-hydrogen) atoms. The van der Waals surface area contributed by atoms with Gasteiger partial charge < -0.3 is 5.11 Å². The predicted octanol–water partition coefficient (Wildman–Crippen LogP) is 2.97. The molecule has 2 unspecified atom stereocenters. The van der Waals surface area contributed by atoms with E-state index in [2.05, 4.69) is 25.9 Å². The van der Waals surface area contributed by atoms with Crippen LogP contribution in [-0.4, -0.2) is 21.0 Å². The molecule has 0 aliphatic heterocycles. The molecule has 3 nitrogen and oxygen atoms in total. The van der Waals surface area contributed by atoms with E-state index in [1.165, 1.54) is 0 Å². The second-order valence-corrected chi connectivity index (χ2v) is 5.73. The van der Waals surface area contributed by atoms with Crippen LogP contribution in [0.5, 0.6) is 0 Å². The van der Waals surface area contributed by atoms with Gasteiger partial charge in [-0.3, -0.25) is 4.68 Å². The average Bonchev–Trinajstić information content (AvgIpc) is 2.44. The zero-order chi connectivity index (χ0) is 13.2. The first-order valence-electron chi connectivity index (χ1n) is 6.19. The molecule has 0 saturated carbocycles. The molecule has 0 aromatic carbocycles. The third-order valence-electron chi connectivity index (χ3n) is 3.16. The molecule has 0 aliphatic rings. The minimum absolute atomic E-state index is 0.279. The average molecular weight is 259 g/mol. The minimum atomic E-state index is -0.357. The lowest BCUT2D eigenvalue weighted by Gasteiger charge is -2.20. The summed E-state index contributed by atoms with van der Waals surface area (Å²) in [6.45, 7) is 8.31. The van der Waals surface area contributed by atoms with Crippen molar-refractivity contribution in [3.05, 3.63) is 16.4 Å². The second kappa shape index (κ2) is 5.87. The van der Waals surface area contributed by atoms with Crippen molar-refractivity contribution in [1.82, 2.24) is 9.78 Å². The van der Waals surface area contributed by atoms with E-state index >= 15 is 0 Å². The summed E-state index contributed by atoms with van der Waals surface area (Å²) in [7, 11) is 1.87. The highest BCUT2D eigenvalue weighted by molar-refractivity contribution is 6.31. The molecule has 0 saturated heterocycles. The third kappa shape index (κ3) is 3.71. The molecular formula is C13H23ClN2O. The Morgan fingerprint density at radius 2 is 1.94 bits per heavy atom. The van der Waals surface area contributed by atoms with Crippen LogP contribution in [0.4, 0.5) is 0 Å². The van der Waals surface area contributed by atoms with Gasteiger partial charge in [-0.05, 0) is 25.2 Å². The number of aliphatic hydroxyl groups is 1. The van der Waals surface area contributed by atoms with E-state index in [0.29, 0.717) is 17.4 Å². The molecule has 2 atom stereocenters. The van der Waals surface area contributed by atoms with Gasteiger partial charge >= 0.3 is 0 Å². The van der Waals surface area contributed by atoms with E-state index in [4.69, 9.17) is 11.6 Å². The van der Waals surface area contributed by atoms with Crippen molar-refractivity contribution < 1.29 is 5.11 Å². The van der Waals surface area contributed by atoms with Gasteiger partial charge in [-0.2, -0.15) is 5.10 Å². The van der Waals surface area contributed by atoms with Crippen LogP contribution in [0.2, 0.25) is 5.02 Å². The van der Waals surface area contributed by atoms with Crippen molar-refractivity contribution in [1.29, 1.82) is 0 Å². The molecule has 1 rings (SSSR count). The van der Waals surface area contributed by atoms with Crippen LogP contribution >= 0.6 is 11.6 Å². The van der Waals surface area contributed by atoms with Crippen LogP contribution in [0.15, 0.2) is 0 Å². The summed E-state index contributed by atoms with van der Waals surface area (Å²) < 4.78 is 1.77. The van der Waals surface area contributed by atoms with Crippen molar-refractivity contribution in [3.63, 3.8) is 0 Å².